The SMILES string of the molecule is CC1CN(C)CCN1CC(=O)N1c2ccccc2NC(=O)c2c1cnn2C(C)C. The zero-order chi connectivity index (χ0) is 20.7. The molecule has 1 N–H and O–H groups in total. The van der Waals surface area contributed by atoms with Crippen molar-refractivity contribution < 1.29 is 9.59 Å². The van der Waals surface area contributed by atoms with Crippen LogP contribution in [0.15, 0.2) is 30.5 Å². The molecule has 1 unspecified atom stereocenters. The van der Waals surface area contributed by atoms with Crippen molar-refractivity contribution in [1.29, 1.82) is 0 Å². The minimum Gasteiger partial charge on any atom is -0.319 e. The van der Waals surface area contributed by atoms with E-state index in [9.17, 15) is 9.59 Å². The third kappa shape index (κ3) is 3.54. The van der Waals surface area contributed by atoms with E-state index in [0.29, 0.717) is 29.3 Å². The van der Waals surface area contributed by atoms with Gasteiger partial charge in [-0.05, 0) is 40.0 Å². The van der Waals surface area contributed by atoms with Crippen LogP contribution in [0.25, 0.3) is 0 Å². The fraction of sp³-hybridized carbons (Fsp3) is 0.476. The van der Waals surface area contributed by atoms with Gasteiger partial charge in [0.15, 0.2) is 5.69 Å². The first kappa shape index (κ1) is 19.6. The molecule has 3 heterocycles. The van der Waals surface area contributed by atoms with E-state index < -0.39 is 0 Å². The van der Waals surface area contributed by atoms with Crippen molar-refractivity contribution in [1.82, 2.24) is 19.6 Å². The summed E-state index contributed by atoms with van der Waals surface area (Å²) >= 11 is 0. The molecule has 2 amide bonds. The van der Waals surface area contributed by atoms with Gasteiger partial charge in [-0.25, -0.2) is 0 Å². The average molecular weight is 396 g/mol. The predicted molar refractivity (Wildman–Crippen MR) is 113 cm³/mol. The molecule has 154 valence electrons. The molecule has 0 radical (unpaired) electrons. The van der Waals surface area contributed by atoms with Gasteiger partial charge in [0.25, 0.3) is 5.91 Å². The summed E-state index contributed by atoms with van der Waals surface area (Å²) in [7, 11) is 2.10. The Balaban J connectivity index is 1.74. The smallest absolute Gasteiger partial charge is 0.276 e. The van der Waals surface area contributed by atoms with Crippen molar-refractivity contribution >= 4 is 28.9 Å². The average Bonchev–Trinajstić information content (AvgIpc) is 3.06. The lowest BCUT2D eigenvalue weighted by molar-refractivity contribution is -0.120. The number of fused-ring (bicyclic) bond motifs is 2. The van der Waals surface area contributed by atoms with E-state index in [1.54, 1.807) is 15.8 Å². The molecular formula is C21H28N6O2. The van der Waals surface area contributed by atoms with Crippen LogP contribution in [0.1, 0.15) is 37.3 Å². The number of carbonyl (C=O) groups is 2. The van der Waals surface area contributed by atoms with E-state index in [0.717, 1.165) is 19.6 Å². The molecular weight excluding hydrogens is 368 g/mol. The summed E-state index contributed by atoms with van der Waals surface area (Å²) in [5.41, 5.74) is 2.25. The van der Waals surface area contributed by atoms with Crippen molar-refractivity contribution in [3.8, 4) is 0 Å². The molecule has 2 aliphatic heterocycles. The molecule has 1 aromatic heterocycles. The summed E-state index contributed by atoms with van der Waals surface area (Å²) in [5, 5.41) is 7.36. The summed E-state index contributed by atoms with van der Waals surface area (Å²) in [6, 6.07) is 7.71. The number of hydrogen-bond acceptors (Lipinski definition) is 5. The van der Waals surface area contributed by atoms with E-state index in [-0.39, 0.29) is 23.9 Å². The zero-order valence-corrected chi connectivity index (χ0v) is 17.4. The normalized spacial score (nSPS) is 20.2. The van der Waals surface area contributed by atoms with Gasteiger partial charge in [-0.2, -0.15) is 5.10 Å². The maximum atomic E-state index is 13.6. The number of nitrogens with zero attached hydrogens (tertiary/aromatic N) is 5. The Kier molecular flexibility index (Phi) is 5.14. The molecule has 2 aromatic rings. The fourth-order valence-electron chi connectivity index (χ4n) is 4.14. The van der Waals surface area contributed by atoms with Gasteiger partial charge in [-0.15, -0.1) is 0 Å². The standard InChI is InChI=1S/C21H28N6O2/c1-14(2)27-20-18(11-22-27)26(17-8-6-5-7-16(17)23-21(20)29)19(28)13-25-10-9-24(4)12-15(25)3/h5-8,11,14-15H,9-10,12-13H2,1-4H3,(H,23,29). The lowest BCUT2D eigenvalue weighted by atomic mass is 10.2. The molecule has 0 saturated carbocycles. The summed E-state index contributed by atoms with van der Waals surface area (Å²) in [6.45, 7) is 9.09. The summed E-state index contributed by atoms with van der Waals surface area (Å²) in [6.07, 6.45) is 1.63. The van der Waals surface area contributed by atoms with Crippen molar-refractivity contribution in [2.24, 2.45) is 0 Å². The number of para-hydroxylation sites is 2. The number of benzene rings is 1. The van der Waals surface area contributed by atoms with Gasteiger partial charge in [0, 0.05) is 31.7 Å². The predicted octanol–water partition coefficient (Wildman–Crippen LogP) is 2.33. The summed E-state index contributed by atoms with van der Waals surface area (Å²) in [5.74, 6) is -0.308. The van der Waals surface area contributed by atoms with Gasteiger partial charge in [0.2, 0.25) is 5.91 Å². The molecule has 1 fully saturated rings. The molecule has 8 nitrogen and oxygen atoms in total. The van der Waals surface area contributed by atoms with Crippen LogP contribution < -0.4 is 10.2 Å². The largest absolute Gasteiger partial charge is 0.319 e. The Hall–Kier alpha value is -2.71. The molecule has 1 atom stereocenters. The second-order valence-electron chi connectivity index (χ2n) is 8.20. The van der Waals surface area contributed by atoms with Gasteiger partial charge in [-0.3, -0.25) is 24.1 Å². The van der Waals surface area contributed by atoms with Gasteiger partial charge in [-0.1, -0.05) is 12.1 Å². The van der Waals surface area contributed by atoms with Crippen LogP contribution in [0, 0.1) is 0 Å². The Bertz CT molecular complexity index is 937. The monoisotopic (exact) mass is 396 g/mol. The van der Waals surface area contributed by atoms with Crippen molar-refractivity contribution in [2.45, 2.75) is 32.9 Å². The molecule has 0 bridgehead atoms. The van der Waals surface area contributed by atoms with Crippen LogP contribution in [-0.4, -0.2) is 70.7 Å². The number of aromatic nitrogens is 2. The maximum absolute atomic E-state index is 13.6. The minimum absolute atomic E-state index is 0.000295. The highest BCUT2D eigenvalue weighted by molar-refractivity contribution is 6.17. The van der Waals surface area contributed by atoms with Crippen molar-refractivity contribution in [3.63, 3.8) is 0 Å². The number of rotatable bonds is 3. The second-order valence-corrected chi connectivity index (χ2v) is 8.20. The first-order chi connectivity index (χ1) is 13.9. The zero-order valence-electron chi connectivity index (χ0n) is 17.4. The first-order valence-electron chi connectivity index (χ1n) is 10.1. The number of amides is 2. The van der Waals surface area contributed by atoms with Crippen molar-refractivity contribution in [2.75, 3.05) is 43.4 Å². The maximum Gasteiger partial charge on any atom is 0.276 e. The lowest BCUT2D eigenvalue weighted by Crippen LogP contribution is -2.53. The topological polar surface area (TPSA) is 73.7 Å². The number of anilines is 3. The van der Waals surface area contributed by atoms with Crippen LogP contribution in [0.3, 0.4) is 0 Å². The van der Waals surface area contributed by atoms with Gasteiger partial charge in [0.1, 0.15) is 5.69 Å². The first-order valence-corrected chi connectivity index (χ1v) is 10.1. The van der Waals surface area contributed by atoms with Gasteiger partial charge >= 0.3 is 0 Å². The molecule has 8 heteroatoms. The summed E-state index contributed by atoms with van der Waals surface area (Å²) in [4.78, 5) is 32.7. The quantitative estimate of drug-likeness (QED) is 0.862. The summed E-state index contributed by atoms with van der Waals surface area (Å²) < 4.78 is 1.68. The van der Waals surface area contributed by atoms with E-state index in [2.05, 4.69) is 34.2 Å². The Morgan fingerprint density at radius 1 is 1.24 bits per heavy atom. The minimum atomic E-state index is -0.248. The number of nitrogens with one attached hydrogen (secondary N) is 1. The van der Waals surface area contributed by atoms with Gasteiger partial charge in [0.05, 0.1) is 24.1 Å². The fourth-order valence-corrected chi connectivity index (χ4v) is 4.14. The van der Waals surface area contributed by atoms with Crippen LogP contribution in [0.4, 0.5) is 17.1 Å². The second kappa shape index (κ2) is 7.61. The third-order valence-electron chi connectivity index (χ3n) is 5.67. The van der Waals surface area contributed by atoms with Crippen LogP contribution >= 0.6 is 0 Å². The third-order valence-corrected chi connectivity index (χ3v) is 5.67. The molecule has 29 heavy (non-hydrogen) atoms. The lowest BCUT2D eigenvalue weighted by Gasteiger charge is -2.38. The highest BCUT2D eigenvalue weighted by Crippen LogP contribution is 2.38. The van der Waals surface area contributed by atoms with E-state index in [1.807, 2.05) is 38.1 Å². The molecule has 0 aliphatic carbocycles. The van der Waals surface area contributed by atoms with E-state index >= 15 is 0 Å². The Morgan fingerprint density at radius 3 is 2.72 bits per heavy atom. The van der Waals surface area contributed by atoms with E-state index in [1.165, 1.54) is 0 Å². The molecule has 1 aromatic carbocycles. The van der Waals surface area contributed by atoms with Gasteiger partial charge < -0.3 is 10.2 Å². The Morgan fingerprint density at radius 2 is 2.00 bits per heavy atom. The van der Waals surface area contributed by atoms with Crippen molar-refractivity contribution in [3.05, 3.63) is 36.2 Å². The number of carbonyl (C=O) groups excluding carboxylic acids is 2. The molecule has 1 saturated heterocycles. The van der Waals surface area contributed by atoms with Crippen LogP contribution in [-0.2, 0) is 4.79 Å². The van der Waals surface area contributed by atoms with E-state index in [4.69, 9.17) is 0 Å². The molecule has 2 aliphatic rings. The highest BCUT2D eigenvalue weighted by Gasteiger charge is 2.34. The number of piperazine rings is 1. The molecule has 4 rings (SSSR count). The van der Waals surface area contributed by atoms with Crippen LogP contribution in [0.2, 0.25) is 0 Å². The highest BCUT2D eigenvalue weighted by atomic mass is 16.2. The number of likely N-dealkylation sites (N-methyl/N-ethyl adjacent to an activating group) is 1. The van der Waals surface area contributed by atoms with Crippen LogP contribution in [0.5, 0.6) is 0 Å². The molecule has 0 spiro atoms. The number of hydrogen-bond donors (Lipinski definition) is 1. The Labute approximate surface area is 171 Å².